The number of benzene rings is 1. The molecule has 0 saturated heterocycles. The normalized spacial score (nSPS) is 14.2. The number of nitrogens with zero attached hydrogens (tertiary/aromatic N) is 1. The molecular weight excluding hydrogens is 296 g/mol. The number of carbonyl (C=O) groups excluding carboxylic acids is 1. The molecule has 0 aliphatic carbocycles. The summed E-state index contributed by atoms with van der Waals surface area (Å²) in [6.45, 7) is 2.60. The average Bonchev–Trinajstić information content (AvgIpc) is 2.78. The lowest BCUT2D eigenvalue weighted by molar-refractivity contribution is 0.0938. The molecular formula is C13H11BrN2O2. The SMILES string of the molecule is Cc1c(Br)cccc1-c1nc2c(o1)CCNC2=O. The minimum Gasteiger partial charge on any atom is -0.440 e. The molecule has 0 fully saturated rings. The Morgan fingerprint density at radius 3 is 3.06 bits per heavy atom. The Hall–Kier alpha value is -1.62. The second kappa shape index (κ2) is 4.24. The van der Waals surface area contributed by atoms with Gasteiger partial charge in [0, 0.05) is 23.0 Å². The van der Waals surface area contributed by atoms with Crippen molar-refractivity contribution in [3.8, 4) is 11.5 Å². The molecule has 1 aliphatic heterocycles. The summed E-state index contributed by atoms with van der Waals surface area (Å²) in [5.41, 5.74) is 2.37. The summed E-state index contributed by atoms with van der Waals surface area (Å²) < 4.78 is 6.71. The fraction of sp³-hybridized carbons (Fsp3) is 0.231. The number of halogens is 1. The predicted molar refractivity (Wildman–Crippen MR) is 70.4 cm³/mol. The zero-order valence-corrected chi connectivity index (χ0v) is 11.4. The number of carbonyl (C=O) groups is 1. The molecule has 2 aromatic rings. The Morgan fingerprint density at radius 2 is 2.28 bits per heavy atom. The second-order valence-electron chi connectivity index (χ2n) is 4.21. The van der Waals surface area contributed by atoms with Crippen molar-refractivity contribution in [1.29, 1.82) is 0 Å². The van der Waals surface area contributed by atoms with E-state index in [9.17, 15) is 4.79 Å². The number of nitrogens with one attached hydrogen (secondary N) is 1. The number of hydrogen-bond acceptors (Lipinski definition) is 3. The van der Waals surface area contributed by atoms with Crippen molar-refractivity contribution in [3.05, 3.63) is 39.7 Å². The number of fused-ring (bicyclic) bond motifs is 1. The highest BCUT2D eigenvalue weighted by molar-refractivity contribution is 9.10. The van der Waals surface area contributed by atoms with Crippen LogP contribution in [0.1, 0.15) is 21.8 Å². The van der Waals surface area contributed by atoms with E-state index in [1.165, 1.54) is 0 Å². The average molecular weight is 307 g/mol. The molecule has 18 heavy (non-hydrogen) atoms. The molecule has 1 aromatic heterocycles. The molecule has 0 atom stereocenters. The highest BCUT2D eigenvalue weighted by atomic mass is 79.9. The van der Waals surface area contributed by atoms with Gasteiger partial charge >= 0.3 is 0 Å². The lowest BCUT2D eigenvalue weighted by Crippen LogP contribution is -2.31. The summed E-state index contributed by atoms with van der Waals surface area (Å²) in [4.78, 5) is 15.9. The van der Waals surface area contributed by atoms with Crippen LogP contribution in [-0.4, -0.2) is 17.4 Å². The van der Waals surface area contributed by atoms with E-state index in [2.05, 4.69) is 26.2 Å². The molecule has 1 aliphatic rings. The van der Waals surface area contributed by atoms with Crippen LogP contribution in [-0.2, 0) is 6.42 Å². The Morgan fingerprint density at radius 1 is 1.44 bits per heavy atom. The first-order valence-corrected chi connectivity index (χ1v) is 6.49. The van der Waals surface area contributed by atoms with Crippen molar-refractivity contribution in [2.75, 3.05) is 6.54 Å². The van der Waals surface area contributed by atoms with E-state index in [1.54, 1.807) is 0 Å². The molecule has 5 heteroatoms. The van der Waals surface area contributed by atoms with Gasteiger partial charge in [0.25, 0.3) is 5.91 Å². The highest BCUT2D eigenvalue weighted by Crippen LogP contribution is 2.30. The number of oxazole rings is 1. The van der Waals surface area contributed by atoms with Crippen LogP contribution in [0.15, 0.2) is 27.1 Å². The molecule has 0 unspecified atom stereocenters. The quantitative estimate of drug-likeness (QED) is 0.881. The van der Waals surface area contributed by atoms with Crippen LogP contribution in [0.4, 0.5) is 0 Å². The van der Waals surface area contributed by atoms with Crippen LogP contribution in [0.3, 0.4) is 0 Å². The van der Waals surface area contributed by atoms with Gasteiger partial charge in [-0.3, -0.25) is 4.79 Å². The van der Waals surface area contributed by atoms with Gasteiger partial charge < -0.3 is 9.73 Å². The first-order valence-electron chi connectivity index (χ1n) is 5.70. The number of aromatic nitrogens is 1. The maximum absolute atomic E-state index is 11.6. The smallest absolute Gasteiger partial charge is 0.273 e. The summed E-state index contributed by atoms with van der Waals surface area (Å²) in [7, 11) is 0. The Bertz CT molecular complexity index is 634. The summed E-state index contributed by atoms with van der Waals surface area (Å²) in [5, 5.41) is 2.76. The molecule has 1 amide bonds. The molecule has 2 heterocycles. The number of amides is 1. The molecule has 3 rings (SSSR count). The molecule has 1 N–H and O–H groups in total. The second-order valence-corrected chi connectivity index (χ2v) is 5.06. The van der Waals surface area contributed by atoms with Gasteiger partial charge in [0.1, 0.15) is 5.76 Å². The third-order valence-corrected chi connectivity index (χ3v) is 3.91. The van der Waals surface area contributed by atoms with Crippen LogP contribution >= 0.6 is 15.9 Å². The van der Waals surface area contributed by atoms with Crippen LogP contribution in [0.5, 0.6) is 0 Å². The molecule has 4 nitrogen and oxygen atoms in total. The van der Waals surface area contributed by atoms with E-state index in [0.717, 1.165) is 15.6 Å². The standard InChI is InChI=1S/C13H11BrN2O2/c1-7-8(3-2-4-9(7)14)13-16-11-10(18-13)5-6-15-12(11)17/h2-4H,5-6H2,1H3,(H,15,17). The zero-order chi connectivity index (χ0) is 12.7. The van der Waals surface area contributed by atoms with Gasteiger partial charge in [0.05, 0.1) is 0 Å². The van der Waals surface area contributed by atoms with E-state index in [4.69, 9.17) is 4.42 Å². The summed E-state index contributed by atoms with van der Waals surface area (Å²) in [6.07, 6.45) is 0.696. The van der Waals surface area contributed by atoms with Crippen LogP contribution in [0, 0.1) is 6.92 Å². The summed E-state index contributed by atoms with van der Waals surface area (Å²) in [6, 6.07) is 5.83. The monoisotopic (exact) mass is 306 g/mol. The van der Waals surface area contributed by atoms with Crippen molar-refractivity contribution in [3.63, 3.8) is 0 Å². The van der Waals surface area contributed by atoms with Crippen molar-refractivity contribution in [2.45, 2.75) is 13.3 Å². The van der Waals surface area contributed by atoms with Gasteiger partial charge in [0.2, 0.25) is 5.89 Å². The van der Waals surface area contributed by atoms with Crippen LogP contribution < -0.4 is 5.32 Å². The summed E-state index contributed by atoms with van der Waals surface area (Å²) in [5.74, 6) is 1.03. The minimum atomic E-state index is -0.154. The maximum Gasteiger partial charge on any atom is 0.273 e. The molecule has 92 valence electrons. The van der Waals surface area contributed by atoms with Crippen molar-refractivity contribution >= 4 is 21.8 Å². The third-order valence-electron chi connectivity index (χ3n) is 3.05. The van der Waals surface area contributed by atoms with Gasteiger partial charge in [-0.1, -0.05) is 22.0 Å². The summed E-state index contributed by atoms with van der Waals surface area (Å²) >= 11 is 3.48. The van der Waals surface area contributed by atoms with Crippen LogP contribution in [0.25, 0.3) is 11.5 Å². The maximum atomic E-state index is 11.6. The fourth-order valence-corrected chi connectivity index (χ4v) is 2.39. The highest BCUT2D eigenvalue weighted by Gasteiger charge is 2.24. The van der Waals surface area contributed by atoms with Gasteiger partial charge in [-0.2, -0.15) is 0 Å². The number of rotatable bonds is 1. The lowest BCUT2D eigenvalue weighted by atomic mass is 10.1. The van der Waals surface area contributed by atoms with E-state index >= 15 is 0 Å². The van der Waals surface area contributed by atoms with E-state index in [-0.39, 0.29) is 5.91 Å². The minimum absolute atomic E-state index is 0.154. The Labute approximate surface area is 113 Å². The number of hydrogen-bond donors (Lipinski definition) is 1. The molecule has 1 aromatic carbocycles. The van der Waals surface area contributed by atoms with Gasteiger partial charge in [0.15, 0.2) is 5.69 Å². The molecule has 0 spiro atoms. The first kappa shape index (κ1) is 11.5. The van der Waals surface area contributed by atoms with E-state index in [1.807, 2.05) is 25.1 Å². The van der Waals surface area contributed by atoms with Crippen molar-refractivity contribution < 1.29 is 9.21 Å². The lowest BCUT2D eigenvalue weighted by Gasteiger charge is -2.07. The Balaban J connectivity index is 2.13. The van der Waals surface area contributed by atoms with E-state index in [0.29, 0.717) is 30.3 Å². The third kappa shape index (κ3) is 1.75. The molecule has 0 bridgehead atoms. The van der Waals surface area contributed by atoms with Gasteiger partial charge in [-0.15, -0.1) is 0 Å². The first-order chi connectivity index (χ1) is 8.66. The Kier molecular flexibility index (Phi) is 2.70. The topological polar surface area (TPSA) is 55.1 Å². The zero-order valence-electron chi connectivity index (χ0n) is 9.79. The van der Waals surface area contributed by atoms with Crippen molar-refractivity contribution in [2.24, 2.45) is 0 Å². The van der Waals surface area contributed by atoms with Crippen LogP contribution in [0.2, 0.25) is 0 Å². The van der Waals surface area contributed by atoms with Gasteiger partial charge in [-0.25, -0.2) is 4.98 Å². The molecule has 0 radical (unpaired) electrons. The van der Waals surface area contributed by atoms with E-state index < -0.39 is 0 Å². The largest absolute Gasteiger partial charge is 0.440 e. The molecule has 0 saturated carbocycles. The predicted octanol–water partition coefficient (Wildman–Crippen LogP) is 2.70. The van der Waals surface area contributed by atoms with Crippen molar-refractivity contribution in [1.82, 2.24) is 10.3 Å². The fourth-order valence-electron chi connectivity index (χ4n) is 2.03. The van der Waals surface area contributed by atoms with Gasteiger partial charge in [-0.05, 0) is 24.6 Å².